The van der Waals surface area contributed by atoms with Crippen LogP contribution >= 0.6 is 0 Å². The largest absolute Gasteiger partial charge is 0.343 e. The topological polar surface area (TPSA) is 35.6 Å². The molecule has 2 rings (SSSR count). The Morgan fingerprint density at radius 3 is 2.50 bits per heavy atom. The maximum absolute atomic E-state index is 12.0. The summed E-state index contributed by atoms with van der Waals surface area (Å²) >= 11 is 0. The van der Waals surface area contributed by atoms with Crippen LogP contribution < -0.4 is 5.32 Å². The molecule has 1 unspecified atom stereocenters. The number of amides is 1. The molecule has 2 fully saturated rings. The van der Waals surface area contributed by atoms with E-state index in [0.29, 0.717) is 18.4 Å². The first-order chi connectivity index (χ1) is 9.74. The van der Waals surface area contributed by atoms with Gasteiger partial charge in [-0.25, -0.2) is 0 Å². The van der Waals surface area contributed by atoms with Gasteiger partial charge in [-0.3, -0.25) is 9.69 Å². The molecule has 1 aliphatic heterocycles. The number of hydrogen-bond donors (Lipinski definition) is 1. The van der Waals surface area contributed by atoms with Crippen molar-refractivity contribution in [3.63, 3.8) is 0 Å². The van der Waals surface area contributed by atoms with E-state index in [4.69, 9.17) is 0 Å². The van der Waals surface area contributed by atoms with E-state index >= 15 is 0 Å². The zero-order valence-corrected chi connectivity index (χ0v) is 13.2. The molecule has 0 bridgehead atoms. The molecular weight excluding hydrogens is 250 g/mol. The average Bonchev–Trinajstić information content (AvgIpc) is 3.17. The van der Waals surface area contributed by atoms with Gasteiger partial charge in [0.1, 0.15) is 0 Å². The van der Waals surface area contributed by atoms with E-state index in [-0.39, 0.29) is 0 Å². The van der Waals surface area contributed by atoms with Crippen molar-refractivity contribution >= 4 is 5.91 Å². The maximum Gasteiger partial charge on any atom is 0.222 e. The Balaban J connectivity index is 1.68. The van der Waals surface area contributed by atoms with Crippen LogP contribution in [-0.2, 0) is 4.79 Å². The minimum atomic E-state index is 0.324. The molecule has 116 valence electrons. The molecule has 0 spiro atoms. The summed E-state index contributed by atoms with van der Waals surface area (Å²) in [5, 5.41) is 3.59. The molecule has 0 aromatic rings. The first kappa shape index (κ1) is 15.8. The summed E-state index contributed by atoms with van der Waals surface area (Å²) in [4.78, 5) is 16.6. The highest BCUT2D eigenvalue weighted by molar-refractivity contribution is 5.76. The van der Waals surface area contributed by atoms with Crippen LogP contribution in [0.3, 0.4) is 0 Å². The van der Waals surface area contributed by atoms with Gasteiger partial charge < -0.3 is 10.2 Å². The molecule has 0 aromatic carbocycles. The van der Waals surface area contributed by atoms with E-state index in [1.54, 1.807) is 0 Å². The Hall–Kier alpha value is -0.610. The molecular formula is C16H31N3O. The summed E-state index contributed by atoms with van der Waals surface area (Å²) in [6.07, 6.45) is 7.08. The number of hydrogen-bond acceptors (Lipinski definition) is 3. The first-order valence-electron chi connectivity index (χ1n) is 8.49. The highest BCUT2D eigenvalue weighted by Crippen LogP contribution is 2.28. The Bertz CT molecular complexity index is 294. The van der Waals surface area contributed by atoms with Crippen LogP contribution in [0.1, 0.15) is 52.4 Å². The average molecular weight is 281 g/mol. The third kappa shape index (κ3) is 4.74. The van der Waals surface area contributed by atoms with Crippen molar-refractivity contribution in [1.82, 2.24) is 15.1 Å². The molecule has 2 aliphatic rings. The minimum absolute atomic E-state index is 0.324. The summed E-state index contributed by atoms with van der Waals surface area (Å²) in [6, 6.07) is 1.50. The fourth-order valence-corrected chi connectivity index (χ4v) is 3.23. The molecule has 0 radical (unpaired) electrons. The van der Waals surface area contributed by atoms with Crippen LogP contribution in [0, 0.1) is 0 Å². The molecule has 1 saturated carbocycles. The number of carbonyl (C=O) groups excluding carboxylic acids is 1. The predicted molar refractivity (Wildman–Crippen MR) is 82.8 cm³/mol. The molecule has 1 aliphatic carbocycles. The number of nitrogens with one attached hydrogen (secondary N) is 1. The standard InChI is InChI=1S/C16H31N3O/c1-3-18(4-2)16(20)8-6-12-19(15-9-10-15)13-14-7-5-11-17-14/h14-15,17H,3-13H2,1-2H3. The SMILES string of the molecule is CCN(CC)C(=O)CCCN(CC1CCCN1)C1CC1. The second-order valence-electron chi connectivity index (χ2n) is 6.19. The molecule has 1 atom stereocenters. The van der Waals surface area contributed by atoms with Gasteiger partial charge in [-0.2, -0.15) is 0 Å². The molecule has 1 saturated heterocycles. The Kier molecular flexibility index (Phi) is 6.30. The fraction of sp³-hybridized carbons (Fsp3) is 0.938. The summed E-state index contributed by atoms with van der Waals surface area (Å²) in [5.74, 6) is 0.324. The van der Waals surface area contributed by atoms with Crippen molar-refractivity contribution in [2.24, 2.45) is 0 Å². The molecule has 4 heteroatoms. The van der Waals surface area contributed by atoms with Crippen molar-refractivity contribution in [2.75, 3.05) is 32.7 Å². The lowest BCUT2D eigenvalue weighted by Gasteiger charge is -2.26. The van der Waals surface area contributed by atoms with Crippen molar-refractivity contribution in [1.29, 1.82) is 0 Å². The predicted octanol–water partition coefficient (Wildman–Crippen LogP) is 1.85. The number of carbonyl (C=O) groups is 1. The summed E-state index contributed by atoms with van der Waals surface area (Å²) in [6.45, 7) is 9.26. The molecule has 1 heterocycles. The quantitative estimate of drug-likeness (QED) is 0.700. The van der Waals surface area contributed by atoms with E-state index < -0.39 is 0 Å². The second-order valence-corrected chi connectivity index (χ2v) is 6.19. The van der Waals surface area contributed by atoms with Gasteiger partial charge in [0.15, 0.2) is 0 Å². The van der Waals surface area contributed by atoms with Gasteiger partial charge in [-0.15, -0.1) is 0 Å². The molecule has 1 amide bonds. The summed E-state index contributed by atoms with van der Waals surface area (Å²) < 4.78 is 0. The summed E-state index contributed by atoms with van der Waals surface area (Å²) in [7, 11) is 0. The van der Waals surface area contributed by atoms with Crippen LogP contribution in [-0.4, -0.2) is 60.5 Å². The zero-order valence-electron chi connectivity index (χ0n) is 13.2. The van der Waals surface area contributed by atoms with E-state index in [0.717, 1.165) is 32.1 Å². The lowest BCUT2D eigenvalue weighted by Crippen LogP contribution is -2.39. The minimum Gasteiger partial charge on any atom is -0.343 e. The van der Waals surface area contributed by atoms with Gasteiger partial charge in [0.25, 0.3) is 0 Å². The van der Waals surface area contributed by atoms with Crippen LogP contribution in [0.25, 0.3) is 0 Å². The number of nitrogens with zero attached hydrogens (tertiary/aromatic N) is 2. The monoisotopic (exact) mass is 281 g/mol. The van der Waals surface area contributed by atoms with Crippen LogP contribution in [0.15, 0.2) is 0 Å². The Labute approximate surface area is 123 Å². The molecule has 20 heavy (non-hydrogen) atoms. The van der Waals surface area contributed by atoms with Crippen LogP contribution in [0.2, 0.25) is 0 Å². The third-order valence-corrected chi connectivity index (χ3v) is 4.63. The Morgan fingerprint density at radius 2 is 1.95 bits per heavy atom. The van der Waals surface area contributed by atoms with Gasteiger partial charge in [0.05, 0.1) is 0 Å². The lowest BCUT2D eigenvalue weighted by atomic mass is 10.2. The molecule has 1 N–H and O–H groups in total. The highest BCUT2D eigenvalue weighted by Gasteiger charge is 2.30. The molecule has 0 aromatic heterocycles. The van der Waals surface area contributed by atoms with Gasteiger partial charge in [-0.05, 0) is 59.0 Å². The van der Waals surface area contributed by atoms with E-state index in [1.165, 1.54) is 38.8 Å². The number of rotatable bonds is 9. The second kappa shape index (κ2) is 7.99. The van der Waals surface area contributed by atoms with Gasteiger partial charge >= 0.3 is 0 Å². The highest BCUT2D eigenvalue weighted by atomic mass is 16.2. The van der Waals surface area contributed by atoms with Gasteiger partial charge in [0, 0.05) is 38.1 Å². The van der Waals surface area contributed by atoms with Crippen molar-refractivity contribution in [2.45, 2.75) is 64.5 Å². The lowest BCUT2D eigenvalue weighted by molar-refractivity contribution is -0.131. The van der Waals surface area contributed by atoms with E-state index in [1.807, 2.05) is 4.90 Å². The van der Waals surface area contributed by atoms with Crippen LogP contribution in [0.4, 0.5) is 0 Å². The zero-order chi connectivity index (χ0) is 14.4. The third-order valence-electron chi connectivity index (χ3n) is 4.63. The van der Waals surface area contributed by atoms with Gasteiger partial charge in [-0.1, -0.05) is 0 Å². The van der Waals surface area contributed by atoms with E-state index in [9.17, 15) is 4.79 Å². The van der Waals surface area contributed by atoms with Crippen molar-refractivity contribution in [3.8, 4) is 0 Å². The fourth-order valence-electron chi connectivity index (χ4n) is 3.23. The normalized spacial score (nSPS) is 22.4. The van der Waals surface area contributed by atoms with Crippen molar-refractivity contribution in [3.05, 3.63) is 0 Å². The Morgan fingerprint density at radius 1 is 1.20 bits per heavy atom. The van der Waals surface area contributed by atoms with Crippen LogP contribution in [0.5, 0.6) is 0 Å². The van der Waals surface area contributed by atoms with Gasteiger partial charge in [0.2, 0.25) is 5.91 Å². The smallest absolute Gasteiger partial charge is 0.222 e. The summed E-state index contributed by atoms with van der Waals surface area (Å²) in [5.41, 5.74) is 0. The van der Waals surface area contributed by atoms with E-state index in [2.05, 4.69) is 24.1 Å². The molecule has 4 nitrogen and oxygen atoms in total. The first-order valence-corrected chi connectivity index (χ1v) is 8.49. The van der Waals surface area contributed by atoms with Crippen molar-refractivity contribution < 1.29 is 4.79 Å². The maximum atomic E-state index is 12.0.